The number of rotatable bonds is 4. The van der Waals surface area contributed by atoms with Crippen molar-refractivity contribution in [2.75, 3.05) is 6.54 Å². The van der Waals surface area contributed by atoms with E-state index in [0.717, 1.165) is 34.7 Å². The summed E-state index contributed by atoms with van der Waals surface area (Å²) in [6.45, 7) is 6.94. The van der Waals surface area contributed by atoms with Gasteiger partial charge in [0.1, 0.15) is 0 Å². The molecule has 4 heteroatoms. The van der Waals surface area contributed by atoms with Crippen molar-refractivity contribution in [3.63, 3.8) is 0 Å². The predicted octanol–water partition coefficient (Wildman–Crippen LogP) is 3.73. The van der Waals surface area contributed by atoms with Crippen LogP contribution < -0.4 is 0 Å². The van der Waals surface area contributed by atoms with Gasteiger partial charge in [-0.25, -0.2) is 0 Å². The van der Waals surface area contributed by atoms with Crippen LogP contribution in [0, 0.1) is 13.8 Å². The molecule has 1 saturated heterocycles. The minimum Gasteiger partial charge on any atom is -0.340 e. The number of thiophene rings is 1. The zero-order valence-corrected chi connectivity index (χ0v) is 13.4. The van der Waals surface area contributed by atoms with Gasteiger partial charge in [-0.1, -0.05) is 0 Å². The second kappa shape index (κ2) is 6.53. The Hall–Kier alpha value is -1.16. The lowest BCUT2D eigenvalue weighted by Gasteiger charge is -2.33. The van der Waals surface area contributed by atoms with Gasteiger partial charge in [-0.15, -0.1) is 11.3 Å². The molecule has 1 aliphatic rings. The molecule has 3 nitrogen and oxygen atoms in total. The first-order valence-corrected chi connectivity index (χ1v) is 8.20. The van der Waals surface area contributed by atoms with Gasteiger partial charge in [0.25, 0.3) is 0 Å². The summed E-state index contributed by atoms with van der Waals surface area (Å²) in [5.74, 6) is 0.236. The molecule has 1 amide bonds. The molecule has 1 aliphatic heterocycles. The summed E-state index contributed by atoms with van der Waals surface area (Å²) in [5.41, 5.74) is 0.798. The van der Waals surface area contributed by atoms with Crippen molar-refractivity contribution in [1.29, 1.82) is 0 Å². The fourth-order valence-electron chi connectivity index (χ4n) is 2.88. The predicted molar refractivity (Wildman–Crippen MR) is 82.4 cm³/mol. The van der Waals surface area contributed by atoms with Crippen LogP contribution in [0.2, 0.25) is 0 Å². The highest BCUT2D eigenvalue weighted by Crippen LogP contribution is 2.23. The molecular formula is C16H23NO2S. The molecule has 20 heavy (non-hydrogen) atoms. The third-order valence-corrected chi connectivity index (χ3v) is 5.00. The van der Waals surface area contributed by atoms with Crippen molar-refractivity contribution < 1.29 is 9.59 Å². The fraction of sp³-hybridized carbons (Fsp3) is 0.625. The summed E-state index contributed by atoms with van der Waals surface area (Å²) in [6.07, 6.45) is 4.06. The Morgan fingerprint density at radius 1 is 1.30 bits per heavy atom. The molecule has 1 aromatic heterocycles. The third-order valence-electron chi connectivity index (χ3n) is 4.03. The van der Waals surface area contributed by atoms with Crippen LogP contribution in [0.5, 0.6) is 0 Å². The molecule has 0 saturated carbocycles. The lowest BCUT2D eigenvalue weighted by molar-refractivity contribution is -0.134. The number of carbonyl (C=O) groups is 2. The first kappa shape index (κ1) is 15.2. The average molecular weight is 293 g/mol. The minimum absolute atomic E-state index is 0.102. The lowest BCUT2D eigenvalue weighted by Crippen LogP contribution is -2.42. The highest BCUT2D eigenvalue weighted by Gasteiger charge is 2.23. The van der Waals surface area contributed by atoms with E-state index in [1.165, 1.54) is 6.42 Å². The van der Waals surface area contributed by atoms with Crippen LogP contribution in [0.15, 0.2) is 6.07 Å². The normalized spacial score (nSPS) is 19.1. The first-order valence-electron chi connectivity index (χ1n) is 7.38. The molecule has 1 atom stereocenters. The van der Waals surface area contributed by atoms with E-state index in [-0.39, 0.29) is 11.7 Å². The van der Waals surface area contributed by atoms with Crippen molar-refractivity contribution in [1.82, 2.24) is 4.90 Å². The van der Waals surface area contributed by atoms with Crippen molar-refractivity contribution in [2.45, 2.75) is 58.9 Å². The van der Waals surface area contributed by atoms with E-state index < -0.39 is 0 Å². The van der Waals surface area contributed by atoms with E-state index >= 15 is 0 Å². The minimum atomic E-state index is 0.102. The monoisotopic (exact) mass is 293 g/mol. The molecule has 2 heterocycles. The molecule has 0 aromatic carbocycles. The quantitative estimate of drug-likeness (QED) is 0.793. The maximum absolute atomic E-state index is 12.2. The van der Waals surface area contributed by atoms with Crippen LogP contribution in [0.4, 0.5) is 0 Å². The van der Waals surface area contributed by atoms with Crippen LogP contribution in [0.25, 0.3) is 0 Å². The Labute approximate surface area is 125 Å². The maximum Gasteiger partial charge on any atom is 0.223 e. The molecule has 0 aliphatic carbocycles. The lowest BCUT2D eigenvalue weighted by atomic mass is 10.0. The number of hydrogen-bond donors (Lipinski definition) is 0. The largest absolute Gasteiger partial charge is 0.340 e. The van der Waals surface area contributed by atoms with Crippen LogP contribution in [0.3, 0.4) is 0 Å². The van der Waals surface area contributed by atoms with E-state index in [1.807, 2.05) is 24.8 Å². The van der Waals surface area contributed by atoms with Crippen LogP contribution >= 0.6 is 11.3 Å². The molecule has 1 unspecified atom stereocenters. The summed E-state index contributed by atoms with van der Waals surface area (Å²) in [5, 5.41) is 0. The summed E-state index contributed by atoms with van der Waals surface area (Å²) < 4.78 is 0. The average Bonchev–Trinajstić information content (AvgIpc) is 2.75. The van der Waals surface area contributed by atoms with Crippen molar-refractivity contribution >= 4 is 23.0 Å². The Balaban J connectivity index is 1.90. The highest BCUT2D eigenvalue weighted by atomic mass is 32.1. The van der Waals surface area contributed by atoms with Crippen LogP contribution in [-0.2, 0) is 4.79 Å². The van der Waals surface area contributed by atoms with Crippen molar-refractivity contribution in [2.24, 2.45) is 0 Å². The number of ketones is 1. The highest BCUT2D eigenvalue weighted by molar-refractivity contribution is 7.12. The van der Waals surface area contributed by atoms with Gasteiger partial charge in [-0.2, -0.15) is 0 Å². The SMILES string of the molecule is Cc1cc(C(=O)CCC(=O)N2CCCCC2C)c(C)s1. The van der Waals surface area contributed by atoms with Gasteiger partial charge in [-0.05, 0) is 46.1 Å². The summed E-state index contributed by atoms with van der Waals surface area (Å²) in [7, 11) is 0. The van der Waals surface area contributed by atoms with E-state index in [0.29, 0.717) is 18.9 Å². The summed E-state index contributed by atoms with van der Waals surface area (Å²) >= 11 is 1.64. The van der Waals surface area contributed by atoms with Gasteiger partial charge < -0.3 is 4.90 Å². The number of likely N-dealkylation sites (tertiary alicyclic amines) is 1. The van der Waals surface area contributed by atoms with Gasteiger partial charge in [0, 0.05) is 40.7 Å². The molecule has 110 valence electrons. The van der Waals surface area contributed by atoms with E-state index in [1.54, 1.807) is 11.3 Å². The Bertz CT molecular complexity index is 507. The smallest absolute Gasteiger partial charge is 0.223 e. The first-order chi connectivity index (χ1) is 9.49. The molecule has 0 radical (unpaired) electrons. The Kier molecular flexibility index (Phi) is 4.97. The number of amides is 1. The zero-order chi connectivity index (χ0) is 14.7. The molecule has 0 bridgehead atoms. The van der Waals surface area contributed by atoms with Crippen LogP contribution in [0.1, 0.15) is 59.1 Å². The standard InChI is InChI=1S/C16H23NO2S/c1-11-6-4-5-9-17(11)16(19)8-7-15(18)14-10-12(2)20-13(14)3/h10-11H,4-9H2,1-3H3. The molecule has 0 spiro atoms. The maximum atomic E-state index is 12.2. The van der Waals surface area contributed by atoms with E-state index in [9.17, 15) is 9.59 Å². The summed E-state index contributed by atoms with van der Waals surface area (Å²) in [6, 6.07) is 2.27. The van der Waals surface area contributed by atoms with Gasteiger partial charge in [0.2, 0.25) is 5.91 Å². The number of hydrogen-bond acceptors (Lipinski definition) is 3. The Morgan fingerprint density at radius 2 is 2.05 bits per heavy atom. The third kappa shape index (κ3) is 3.48. The molecule has 0 N–H and O–H groups in total. The Morgan fingerprint density at radius 3 is 2.65 bits per heavy atom. The number of piperidine rings is 1. The van der Waals surface area contributed by atoms with E-state index in [2.05, 4.69) is 6.92 Å². The van der Waals surface area contributed by atoms with Gasteiger partial charge in [0.05, 0.1) is 0 Å². The number of aryl methyl sites for hydroxylation is 2. The zero-order valence-electron chi connectivity index (χ0n) is 12.6. The molecule has 1 fully saturated rings. The van der Waals surface area contributed by atoms with Gasteiger partial charge >= 0.3 is 0 Å². The molecular weight excluding hydrogens is 270 g/mol. The van der Waals surface area contributed by atoms with Gasteiger partial charge in [-0.3, -0.25) is 9.59 Å². The van der Waals surface area contributed by atoms with E-state index in [4.69, 9.17) is 0 Å². The van der Waals surface area contributed by atoms with Crippen molar-refractivity contribution in [3.8, 4) is 0 Å². The van der Waals surface area contributed by atoms with Gasteiger partial charge in [0.15, 0.2) is 5.78 Å². The second-order valence-electron chi connectivity index (χ2n) is 5.68. The van der Waals surface area contributed by atoms with Crippen molar-refractivity contribution in [3.05, 3.63) is 21.4 Å². The van der Waals surface area contributed by atoms with Crippen LogP contribution in [-0.4, -0.2) is 29.2 Å². The molecule has 1 aromatic rings. The second-order valence-corrected chi connectivity index (χ2v) is 7.14. The fourth-order valence-corrected chi connectivity index (χ4v) is 3.82. The number of Topliss-reactive ketones (excluding diaryl/α,β-unsaturated/α-hetero) is 1. The summed E-state index contributed by atoms with van der Waals surface area (Å²) in [4.78, 5) is 28.6. The molecule has 2 rings (SSSR count). The number of nitrogens with zero attached hydrogens (tertiary/aromatic N) is 1. The topological polar surface area (TPSA) is 37.4 Å². The number of carbonyl (C=O) groups excluding carboxylic acids is 2.